The van der Waals surface area contributed by atoms with Gasteiger partial charge in [0.15, 0.2) is 0 Å². The van der Waals surface area contributed by atoms with Gasteiger partial charge in [-0.05, 0) is 30.2 Å². The second kappa shape index (κ2) is 7.09. The third kappa shape index (κ3) is 4.99. The maximum absolute atomic E-state index is 11.9. The molecule has 0 aromatic heterocycles. The molecule has 4 N–H and O–H groups in total. The summed E-state index contributed by atoms with van der Waals surface area (Å²) in [5.41, 5.74) is 7.34. The summed E-state index contributed by atoms with van der Waals surface area (Å²) in [6.07, 6.45) is 1.09. The van der Waals surface area contributed by atoms with Gasteiger partial charge in [0.1, 0.15) is 0 Å². The lowest BCUT2D eigenvalue weighted by atomic mass is 10.1. The summed E-state index contributed by atoms with van der Waals surface area (Å²) < 4.78 is 0. The number of nitrogens with one attached hydrogen (secondary N) is 2. The van der Waals surface area contributed by atoms with E-state index in [0.29, 0.717) is 24.2 Å². The number of nitrogens with two attached hydrogens (primary N) is 1. The van der Waals surface area contributed by atoms with Crippen LogP contribution in [0.5, 0.6) is 0 Å². The highest BCUT2D eigenvalue weighted by Crippen LogP contribution is 2.15. The smallest absolute Gasteiger partial charge is 0.316 e. The summed E-state index contributed by atoms with van der Waals surface area (Å²) in [5.74, 6) is -0.0740. The van der Waals surface area contributed by atoms with E-state index in [1.54, 1.807) is 24.3 Å². The molecule has 5 heteroatoms. The first kappa shape index (κ1) is 14.6. The van der Waals surface area contributed by atoms with Gasteiger partial charge < -0.3 is 16.4 Å². The van der Waals surface area contributed by atoms with E-state index in [1.807, 2.05) is 30.3 Å². The highest BCUT2D eigenvalue weighted by molar-refractivity contribution is 5.93. The predicted molar refractivity (Wildman–Crippen MR) is 83.0 cm³/mol. The number of anilines is 2. The first-order valence-corrected chi connectivity index (χ1v) is 6.64. The van der Waals surface area contributed by atoms with E-state index in [4.69, 9.17) is 5.73 Å². The highest BCUT2D eigenvalue weighted by atomic mass is 16.2. The molecule has 0 spiro atoms. The lowest BCUT2D eigenvalue weighted by molar-refractivity contribution is -0.116. The Kier molecular flexibility index (Phi) is 4.93. The van der Waals surface area contributed by atoms with Crippen molar-refractivity contribution in [2.75, 3.05) is 10.6 Å². The van der Waals surface area contributed by atoms with Crippen LogP contribution in [-0.2, 0) is 11.2 Å². The van der Waals surface area contributed by atoms with Crippen molar-refractivity contribution < 1.29 is 9.59 Å². The molecule has 2 rings (SSSR count). The van der Waals surface area contributed by atoms with Gasteiger partial charge in [-0.3, -0.25) is 4.79 Å². The Hall–Kier alpha value is -2.82. The Bertz CT molecular complexity index is 626. The summed E-state index contributed by atoms with van der Waals surface area (Å²) in [6, 6.07) is 16.0. The molecule has 0 bridgehead atoms. The number of urea groups is 1. The lowest BCUT2D eigenvalue weighted by Crippen LogP contribution is -2.19. The summed E-state index contributed by atoms with van der Waals surface area (Å²) in [5, 5.41) is 5.26. The van der Waals surface area contributed by atoms with Gasteiger partial charge in [-0.2, -0.15) is 0 Å². The molecule has 0 saturated carbocycles. The zero-order valence-corrected chi connectivity index (χ0v) is 11.5. The first-order valence-electron chi connectivity index (χ1n) is 6.64. The number of benzene rings is 2. The molecule has 0 heterocycles. The van der Waals surface area contributed by atoms with Crippen LogP contribution >= 0.6 is 0 Å². The minimum absolute atomic E-state index is 0.0740. The number of carbonyl (C=O) groups is 2. The molecule has 108 valence electrons. The molecule has 0 unspecified atom stereocenters. The van der Waals surface area contributed by atoms with Gasteiger partial charge in [-0.1, -0.05) is 36.4 Å². The number of rotatable bonds is 5. The van der Waals surface area contributed by atoms with E-state index in [9.17, 15) is 9.59 Å². The molecule has 5 nitrogen and oxygen atoms in total. The second-order valence-electron chi connectivity index (χ2n) is 4.60. The number of carbonyl (C=O) groups excluding carboxylic acids is 2. The Morgan fingerprint density at radius 3 is 2.24 bits per heavy atom. The molecule has 0 aliphatic rings. The minimum atomic E-state index is -0.637. The normalized spacial score (nSPS) is 9.90. The Morgan fingerprint density at radius 1 is 0.905 bits per heavy atom. The fraction of sp³-hybridized carbons (Fsp3) is 0.125. The zero-order chi connectivity index (χ0) is 15.1. The molecule has 0 aliphatic carbocycles. The average Bonchev–Trinajstić information content (AvgIpc) is 2.46. The van der Waals surface area contributed by atoms with Crippen molar-refractivity contribution in [1.29, 1.82) is 0 Å². The predicted octanol–water partition coefficient (Wildman–Crippen LogP) is 2.75. The summed E-state index contributed by atoms with van der Waals surface area (Å²) >= 11 is 0. The highest BCUT2D eigenvalue weighted by Gasteiger charge is 2.04. The molecule has 3 amide bonds. The second-order valence-corrected chi connectivity index (χ2v) is 4.60. The summed E-state index contributed by atoms with van der Waals surface area (Å²) in [7, 11) is 0. The molecular weight excluding hydrogens is 266 g/mol. The van der Waals surface area contributed by atoms with Gasteiger partial charge in [-0.25, -0.2) is 4.79 Å². The molecule has 21 heavy (non-hydrogen) atoms. The molecular formula is C16H17N3O2. The van der Waals surface area contributed by atoms with E-state index in [2.05, 4.69) is 10.6 Å². The van der Waals surface area contributed by atoms with Crippen LogP contribution in [0.25, 0.3) is 0 Å². The monoisotopic (exact) mass is 283 g/mol. The Balaban J connectivity index is 1.89. The number of hydrogen-bond donors (Lipinski definition) is 3. The van der Waals surface area contributed by atoms with Crippen molar-refractivity contribution in [3.8, 4) is 0 Å². The maximum atomic E-state index is 11.9. The first-order chi connectivity index (χ1) is 10.1. The van der Waals surface area contributed by atoms with Crippen molar-refractivity contribution in [3.05, 3.63) is 60.2 Å². The fourth-order valence-corrected chi connectivity index (χ4v) is 1.94. The molecule has 0 atom stereocenters. The molecule has 0 saturated heterocycles. The van der Waals surface area contributed by atoms with Crippen LogP contribution in [0.4, 0.5) is 16.2 Å². The van der Waals surface area contributed by atoms with Crippen LogP contribution in [0.2, 0.25) is 0 Å². The Labute approximate surface area is 123 Å². The molecule has 2 aromatic carbocycles. The molecule has 0 fully saturated rings. The van der Waals surface area contributed by atoms with Crippen molar-refractivity contribution >= 4 is 23.3 Å². The van der Waals surface area contributed by atoms with Gasteiger partial charge in [0.05, 0.1) is 0 Å². The van der Waals surface area contributed by atoms with Crippen LogP contribution in [-0.4, -0.2) is 11.9 Å². The number of amides is 3. The largest absolute Gasteiger partial charge is 0.351 e. The van der Waals surface area contributed by atoms with E-state index in [-0.39, 0.29) is 5.91 Å². The van der Waals surface area contributed by atoms with E-state index in [1.165, 1.54) is 0 Å². The fourth-order valence-electron chi connectivity index (χ4n) is 1.94. The van der Waals surface area contributed by atoms with Crippen molar-refractivity contribution in [1.82, 2.24) is 0 Å². The third-order valence-corrected chi connectivity index (χ3v) is 2.90. The van der Waals surface area contributed by atoms with Gasteiger partial charge in [0.25, 0.3) is 0 Å². The van der Waals surface area contributed by atoms with Gasteiger partial charge in [0, 0.05) is 17.8 Å². The molecule has 2 aromatic rings. The van der Waals surface area contributed by atoms with Crippen LogP contribution in [0.1, 0.15) is 12.0 Å². The van der Waals surface area contributed by atoms with Crippen molar-refractivity contribution in [2.45, 2.75) is 12.8 Å². The SMILES string of the molecule is NC(=O)Nc1cccc(NC(=O)CCc2ccccc2)c1. The van der Waals surface area contributed by atoms with Crippen LogP contribution in [0.15, 0.2) is 54.6 Å². The average molecular weight is 283 g/mol. The third-order valence-electron chi connectivity index (χ3n) is 2.90. The van der Waals surface area contributed by atoms with E-state index >= 15 is 0 Å². The van der Waals surface area contributed by atoms with E-state index < -0.39 is 6.03 Å². The van der Waals surface area contributed by atoms with Crippen LogP contribution in [0, 0.1) is 0 Å². The standard InChI is InChI=1S/C16H17N3O2/c17-16(21)19-14-8-4-7-13(11-14)18-15(20)10-9-12-5-2-1-3-6-12/h1-8,11H,9-10H2,(H,18,20)(H3,17,19,21). The summed E-state index contributed by atoms with van der Waals surface area (Å²) in [4.78, 5) is 22.7. The van der Waals surface area contributed by atoms with Gasteiger partial charge in [0.2, 0.25) is 5.91 Å². The van der Waals surface area contributed by atoms with Gasteiger partial charge >= 0.3 is 6.03 Å². The van der Waals surface area contributed by atoms with E-state index in [0.717, 1.165) is 5.56 Å². The topological polar surface area (TPSA) is 84.2 Å². The maximum Gasteiger partial charge on any atom is 0.316 e. The minimum Gasteiger partial charge on any atom is -0.351 e. The Morgan fingerprint density at radius 2 is 1.57 bits per heavy atom. The molecule has 0 radical (unpaired) electrons. The molecule has 0 aliphatic heterocycles. The number of hydrogen-bond acceptors (Lipinski definition) is 2. The number of aryl methyl sites for hydroxylation is 1. The number of primary amides is 1. The van der Waals surface area contributed by atoms with Crippen molar-refractivity contribution in [3.63, 3.8) is 0 Å². The zero-order valence-electron chi connectivity index (χ0n) is 11.5. The van der Waals surface area contributed by atoms with Crippen LogP contribution < -0.4 is 16.4 Å². The quantitative estimate of drug-likeness (QED) is 0.788. The van der Waals surface area contributed by atoms with Crippen LogP contribution in [0.3, 0.4) is 0 Å². The lowest BCUT2D eigenvalue weighted by Gasteiger charge is -2.07. The summed E-state index contributed by atoms with van der Waals surface area (Å²) in [6.45, 7) is 0. The van der Waals surface area contributed by atoms with Crippen molar-refractivity contribution in [2.24, 2.45) is 5.73 Å². The van der Waals surface area contributed by atoms with Gasteiger partial charge in [-0.15, -0.1) is 0 Å².